The van der Waals surface area contributed by atoms with Gasteiger partial charge in [-0.1, -0.05) is 6.92 Å². The summed E-state index contributed by atoms with van der Waals surface area (Å²) in [5.41, 5.74) is 4.08. The van der Waals surface area contributed by atoms with Gasteiger partial charge in [-0.2, -0.15) is 10.2 Å². The van der Waals surface area contributed by atoms with Gasteiger partial charge in [0, 0.05) is 26.1 Å². The zero-order chi connectivity index (χ0) is 22.8. The van der Waals surface area contributed by atoms with Crippen LogP contribution in [0, 0.1) is 10.1 Å². The molecule has 0 saturated carbocycles. The minimum absolute atomic E-state index is 0.106. The molecule has 11 nitrogen and oxygen atoms in total. The SMILES string of the molecule is CCC(=NNC(=O)CCn1cc([N+](=O)[O-])cn1)c1ccc(OCCN2CCOCC2)cc1. The number of carbonyl (C=O) groups is 1. The van der Waals surface area contributed by atoms with Gasteiger partial charge in [0.25, 0.3) is 0 Å². The molecular weight excluding hydrogens is 416 g/mol. The van der Waals surface area contributed by atoms with Crippen LogP contribution in [0.25, 0.3) is 0 Å². The van der Waals surface area contributed by atoms with Crippen molar-refractivity contribution in [3.8, 4) is 5.75 Å². The van der Waals surface area contributed by atoms with Crippen LogP contribution < -0.4 is 10.2 Å². The molecule has 1 amide bonds. The van der Waals surface area contributed by atoms with Crippen LogP contribution >= 0.6 is 0 Å². The van der Waals surface area contributed by atoms with Crippen LogP contribution in [0.3, 0.4) is 0 Å². The highest BCUT2D eigenvalue weighted by atomic mass is 16.6. The van der Waals surface area contributed by atoms with Crippen molar-refractivity contribution in [3.05, 3.63) is 52.3 Å². The van der Waals surface area contributed by atoms with Gasteiger partial charge in [-0.05, 0) is 36.2 Å². The summed E-state index contributed by atoms with van der Waals surface area (Å²) in [6.07, 6.45) is 3.19. The maximum Gasteiger partial charge on any atom is 0.306 e. The van der Waals surface area contributed by atoms with Crippen molar-refractivity contribution in [2.45, 2.75) is 26.3 Å². The zero-order valence-electron chi connectivity index (χ0n) is 18.1. The predicted octanol–water partition coefficient (Wildman–Crippen LogP) is 1.82. The first kappa shape index (κ1) is 23.4. The van der Waals surface area contributed by atoms with Gasteiger partial charge in [-0.15, -0.1) is 0 Å². The number of aromatic nitrogens is 2. The highest BCUT2D eigenvalue weighted by molar-refractivity contribution is 6.00. The molecule has 11 heteroatoms. The van der Waals surface area contributed by atoms with E-state index >= 15 is 0 Å². The summed E-state index contributed by atoms with van der Waals surface area (Å²) < 4.78 is 12.5. The van der Waals surface area contributed by atoms with Crippen molar-refractivity contribution >= 4 is 17.3 Å². The van der Waals surface area contributed by atoms with Gasteiger partial charge in [-0.3, -0.25) is 24.5 Å². The Labute approximate surface area is 186 Å². The van der Waals surface area contributed by atoms with E-state index in [4.69, 9.17) is 9.47 Å². The monoisotopic (exact) mass is 444 g/mol. The van der Waals surface area contributed by atoms with Crippen LogP contribution in [-0.2, 0) is 16.1 Å². The van der Waals surface area contributed by atoms with E-state index in [2.05, 4.69) is 20.5 Å². The summed E-state index contributed by atoms with van der Waals surface area (Å²) in [4.78, 5) is 24.6. The Hall–Kier alpha value is -3.31. The lowest BCUT2D eigenvalue weighted by molar-refractivity contribution is -0.385. The number of nitrogens with one attached hydrogen (secondary N) is 1. The van der Waals surface area contributed by atoms with E-state index in [-0.39, 0.29) is 24.6 Å². The summed E-state index contributed by atoms with van der Waals surface area (Å²) >= 11 is 0. The van der Waals surface area contributed by atoms with Crippen molar-refractivity contribution in [1.29, 1.82) is 0 Å². The number of hydrogen-bond acceptors (Lipinski definition) is 8. The Morgan fingerprint density at radius 2 is 2.03 bits per heavy atom. The van der Waals surface area contributed by atoms with E-state index in [1.807, 2.05) is 31.2 Å². The average molecular weight is 444 g/mol. The Morgan fingerprint density at radius 3 is 2.69 bits per heavy atom. The van der Waals surface area contributed by atoms with Crippen molar-refractivity contribution in [2.24, 2.45) is 5.10 Å². The second-order valence-corrected chi connectivity index (χ2v) is 7.24. The van der Waals surface area contributed by atoms with Gasteiger partial charge >= 0.3 is 5.69 Å². The largest absolute Gasteiger partial charge is 0.492 e. The fraction of sp³-hybridized carbons (Fsp3) is 0.476. The van der Waals surface area contributed by atoms with Crippen LogP contribution in [0.2, 0.25) is 0 Å². The molecule has 0 aliphatic carbocycles. The van der Waals surface area contributed by atoms with Gasteiger partial charge < -0.3 is 9.47 Å². The number of ether oxygens (including phenoxy) is 2. The fourth-order valence-corrected chi connectivity index (χ4v) is 3.18. The summed E-state index contributed by atoms with van der Waals surface area (Å²) in [5.74, 6) is 0.493. The molecule has 2 aromatic rings. The number of hydrazone groups is 1. The molecule has 1 aliphatic heterocycles. The van der Waals surface area contributed by atoms with Crippen LogP contribution in [0.4, 0.5) is 5.69 Å². The number of nitro groups is 1. The molecule has 0 atom stereocenters. The Kier molecular flexibility index (Phi) is 8.70. The zero-order valence-corrected chi connectivity index (χ0v) is 18.1. The summed E-state index contributed by atoms with van der Waals surface area (Å²) in [6, 6.07) is 7.63. The molecular formula is C21H28N6O5. The second kappa shape index (κ2) is 11.9. The topological polar surface area (TPSA) is 124 Å². The quantitative estimate of drug-likeness (QED) is 0.318. The third-order valence-corrected chi connectivity index (χ3v) is 5.02. The molecule has 32 heavy (non-hydrogen) atoms. The third-order valence-electron chi connectivity index (χ3n) is 5.02. The molecule has 1 saturated heterocycles. The third kappa shape index (κ3) is 7.13. The summed E-state index contributed by atoms with van der Waals surface area (Å²) in [6.45, 7) is 7.09. The van der Waals surface area contributed by atoms with E-state index in [0.29, 0.717) is 13.0 Å². The van der Waals surface area contributed by atoms with E-state index < -0.39 is 4.92 Å². The lowest BCUT2D eigenvalue weighted by Gasteiger charge is -2.26. The van der Waals surface area contributed by atoms with Gasteiger partial charge in [0.15, 0.2) is 0 Å². The number of aryl methyl sites for hydroxylation is 1. The molecule has 1 fully saturated rings. The van der Waals surface area contributed by atoms with Gasteiger partial charge in [-0.25, -0.2) is 5.43 Å². The number of morpholine rings is 1. The average Bonchev–Trinajstić information content (AvgIpc) is 3.29. The molecule has 172 valence electrons. The first-order chi connectivity index (χ1) is 15.5. The number of amides is 1. The smallest absolute Gasteiger partial charge is 0.306 e. The summed E-state index contributed by atoms with van der Waals surface area (Å²) in [5, 5.41) is 18.8. The van der Waals surface area contributed by atoms with E-state index in [1.54, 1.807) is 0 Å². The number of benzene rings is 1. The van der Waals surface area contributed by atoms with Crippen LogP contribution in [0.15, 0.2) is 41.8 Å². The van der Waals surface area contributed by atoms with Crippen molar-refractivity contribution in [3.63, 3.8) is 0 Å². The van der Waals surface area contributed by atoms with Crippen LogP contribution in [0.5, 0.6) is 5.75 Å². The minimum Gasteiger partial charge on any atom is -0.492 e. The molecule has 2 heterocycles. The predicted molar refractivity (Wildman–Crippen MR) is 118 cm³/mol. The van der Waals surface area contributed by atoms with E-state index in [0.717, 1.165) is 56.1 Å². The molecule has 1 aliphatic rings. The normalized spacial score (nSPS) is 14.8. The molecule has 0 spiro atoms. The standard InChI is InChI=1S/C21H28N6O5/c1-2-20(23-24-21(28)7-8-26-16-18(15-22-26)27(29)30)17-3-5-19(6-4-17)32-14-11-25-9-12-31-13-10-25/h3-6,15-16H,2,7-14H2,1H3,(H,24,28). The molecule has 1 N–H and O–H groups in total. The van der Waals surface area contributed by atoms with Gasteiger partial charge in [0.1, 0.15) is 24.8 Å². The summed E-state index contributed by atoms with van der Waals surface area (Å²) in [7, 11) is 0. The Morgan fingerprint density at radius 1 is 1.28 bits per heavy atom. The first-order valence-electron chi connectivity index (χ1n) is 10.6. The molecule has 0 bridgehead atoms. The maximum atomic E-state index is 12.1. The lowest BCUT2D eigenvalue weighted by Crippen LogP contribution is -2.38. The highest BCUT2D eigenvalue weighted by Gasteiger charge is 2.11. The number of nitrogens with zero attached hydrogens (tertiary/aromatic N) is 5. The van der Waals surface area contributed by atoms with Crippen molar-refractivity contribution in [2.75, 3.05) is 39.5 Å². The Balaban J connectivity index is 1.44. The molecule has 1 aromatic carbocycles. The van der Waals surface area contributed by atoms with Crippen LogP contribution in [0.1, 0.15) is 25.3 Å². The lowest BCUT2D eigenvalue weighted by atomic mass is 10.1. The number of hydrogen-bond donors (Lipinski definition) is 1. The maximum absolute atomic E-state index is 12.1. The van der Waals surface area contributed by atoms with E-state index in [9.17, 15) is 14.9 Å². The van der Waals surface area contributed by atoms with Gasteiger partial charge in [0.2, 0.25) is 5.91 Å². The van der Waals surface area contributed by atoms with Crippen LogP contribution in [-0.4, -0.2) is 70.7 Å². The first-order valence-corrected chi connectivity index (χ1v) is 10.6. The van der Waals surface area contributed by atoms with Crippen molar-refractivity contribution < 1.29 is 19.2 Å². The Bertz CT molecular complexity index is 921. The van der Waals surface area contributed by atoms with Gasteiger partial charge in [0.05, 0.1) is 30.4 Å². The molecule has 0 radical (unpaired) electrons. The fourth-order valence-electron chi connectivity index (χ4n) is 3.18. The highest BCUT2D eigenvalue weighted by Crippen LogP contribution is 2.14. The number of carbonyl (C=O) groups excluding carboxylic acids is 1. The molecule has 1 aromatic heterocycles. The molecule has 0 unspecified atom stereocenters. The van der Waals surface area contributed by atoms with E-state index in [1.165, 1.54) is 10.9 Å². The van der Waals surface area contributed by atoms with Crippen molar-refractivity contribution in [1.82, 2.24) is 20.1 Å². The number of rotatable bonds is 11. The minimum atomic E-state index is -0.526. The second-order valence-electron chi connectivity index (χ2n) is 7.24. The molecule has 3 rings (SSSR count).